The van der Waals surface area contributed by atoms with Gasteiger partial charge in [-0.05, 0) is 29.8 Å². The first-order valence-electron chi connectivity index (χ1n) is 7.09. The third-order valence-corrected chi connectivity index (χ3v) is 3.97. The van der Waals surface area contributed by atoms with Gasteiger partial charge in [0.1, 0.15) is 0 Å². The molecule has 2 heterocycles. The third kappa shape index (κ3) is 1.93. The van der Waals surface area contributed by atoms with Gasteiger partial charge in [-0.15, -0.1) is 0 Å². The SMILES string of the molecule is O=C1Nc2ccccc2/C1=C\c1c[nH]c2ccc(CO)cc12. The van der Waals surface area contributed by atoms with Crippen LogP contribution in [0.5, 0.6) is 0 Å². The Kier molecular flexibility index (Phi) is 2.84. The summed E-state index contributed by atoms with van der Waals surface area (Å²) in [4.78, 5) is 15.4. The molecule has 3 N–H and O–H groups in total. The average molecular weight is 290 g/mol. The van der Waals surface area contributed by atoms with Crippen LogP contribution in [0.3, 0.4) is 0 Å². The lowest BCUT2D eigenvalue weighted by Gasteiger charge is -1.99. The number of aromatic nitrogens is 1. The van der Waals surface area contributed by atoms with Gasteiger partial charge in [0.15, 0.2) is 0 Å². The Morgan fingerprint density at radius 3 is 2.86 bits per heavy atom. The molecule has 1 aromatic heterocycles. The van der Waals surface area contributed by atoms with E-state index in [4.69, 9.17) is 0 Å². The summed E-state index contributed by atoms with van der Waals surface area (Å²) in [5.74, 6) is -0.0890. The minimum atomic E-state index is -0.0890. The summed E-state index contributed by atoms with van der Waals surface area (Å²) in [5.41, 5.74) is 5.19. The maximum absolute atomic E-state index is 12.2. The highest BCUT2D eigenvalue weighted by molar-refractivity contribution is 6.35. The maximum Gasteiger partial charge on any atom is 0.256 e. The van der Waals surface area contributed by atoms with Crippen molar-refractivity contribution in [2.45, 2.75) is 6.61 Å². The minimum absolute atomic E-state index is 0.000447. The van der Waals surface area contributed by atoms with Crippen LogP contribution in [0.2, 0.25) is 0 Å². The molecular formula is C18H14N2O2. The van der Waals surface area contributed by atoms with E-state index in [-0.39, 0.29) is 12.5 Å². The number of hydrogen-bond donors (Lipinski definition) is 3. The van der Waals surface area contributed by atoms with Crippen LogP contribution in [0.4, 0.5) is 5.69 Å². The molecule has 0 unspecified atom stereocenters. The number of fused-ring (bicyclic) bond motifs is 2. The van der Waals surface area contributed by atoms with Crippen molar-refractivity contribution in [1.29, 1.82) is 0 Å². The van der Waals surface area contributed by atoms with E-state index in [1.54, 1.807) is 0 Å². The first-order valence-corrected chi connectivity index (χ1v) is 7.09. The normalized spacial score (nSPS) is 15.3. The molecule has 1 amide bonds. The van der Waals surface area contributed by atoms with Crippen LogP contribution in [0.1, 0.15) is 16.7 Å². The number of carbonyl (C=O) groups excluding carboxylic acids is 1. The number of para-hydroxylation sites is 1. The van der Waals surface area contributed by atoms with Gasteiger partial charge >= 0.3 is 0 Å². The molecule has 0 atom stereocenters. The highest BCUT2D eigenvalue weighted by Gasteiger charge is 2.23. The fourth-order valence-electron chi connectivity index (χ4n) is 2.84. The molecule has 0 aliphatic carbocycles. The van der Waals surface area contributed by atoms with E-state index in [1.807, 2.05) is 54.7 Å². The van der Waals surface area contributed by atoms with Crippen molar-refractivity contribution in [2.75, 3.05) is 5.32 Å². The standard InChI is InChI=1S/C18H14N2O2/c21-10-11-5-6-16-14(7-11)12(9-19-16)8-15-13-3-1-2-4-17(13)20-18(15)22/h1-9,19,21H,10H2,(H,20,22)/b15-8+. The zero-order valence-corrected chi connectivity index (χ0v) is 11.8. The van der Waals surface area contributed by atoms with Crippen molar-refractivity contribution in [1.82, 2.24) is 4.98 Å². The highest BCUT2D eigenvalue weighted by Crippen LogP contribution is 2.34. The van der Waals surface area contributed by atoms with Gasteiger partial charge in [0.05, 0.1) is 6.61 Å². The van der Waals surface area contributed by atoms with Crippen LogP contribution < -0.4 is 5.32 Å². The number of rotatable bonds is 2. The van der Waals surface area contributed by atoms with Crippen LogP contribution in [0.15, 0.2) is 48.7 Å². The van der Waals surface area contributed by atoms with Crippen LogP contribution in [0.25, 0.3) is 22.6 Å². The van der Waals surface area contributed by atoms with E-state index in [9.17, 15) is 9.90 Å². The fraction of sp³-hybridized carbons (Fsp3) is 0.0556. The van der Waals surface area contributed by atoms with Gasteiger partial charge in [0.25, 0.3) is 5.91 Å². The Balaban J connectivity index is 1.88. The molecule has 4 rings (SSSR count). The predicted octanol–water partition coefficient (Wildman–Crippen LogP) is 3.15. The maximum atomic E-state index is 12.2. The lowest BCUT2D eigenvalue weighted by Crippen LogP contribution is -2.03. The van der Waals surface area contributed by atoms with Gasteiger partial charge in [-0.3, -0.25) is 4.79 Å². The molecule has 1 aliphatic rings. The van der Waals surface area contributed by atoms with Crippen molar-refractivity contribution in [3.8, 4) is 0 Å². The van der Waals surface area contributed by atoms with Crippen LogP contribution in [-0.4, -0.2) is 16.0 Å². The van der Waals surface area contributed by atoms with Gasteiger partial charge in [0.2, 0.25) is 0 Å². The van der Waals surface area contributed by atoms with Gasteiger partial charge in [-0.25, -0.2) is 0 Å². The number of hydrogen-bond acceptors (Lipinski definition) is 2. The predicted molar refractivity (Wildman–Crippen MR) is 87.2 cm³/mol. The number of anilines is 1. The number of carbonyl (C=O) groups is 1. The van der Waals surface area contributed by atoms with Gasteiger partial charge < -0.3 is 15.4 Å². The van der Waals surface area contributed by atoms with Crippen molar-refractivity contribution < 1.29 is 9.90 Å². The van der Waals surface area contributed by atoms with Gasteiger partial charge in [-0.1, -0.05) is 24.3 Å². The van der Waals surface area contributed by atoms with Gasteiger partial charge in [0, 0.05) is 39.5 Å². The smallest absolute Gasteiger partial charge is 0.256 e. The summed E-state index contributed by atoms with van der Waals surface area (Å²) in [6, 6.07) is 13.4. The van der Waals surface area contributed by atoms with E-state index < -0.39 is 0 Å². The summed E-state index contributed by atoms with van der Waals surface area (Å²) in [7, 11) is 0. The average Bonchev–Trinajstić information content (AvgIpc) is 3.09. The molecule has 0 spiro atoms. The second-order valence-corrected chi connectivity index (χ2v) is 5.34. The number of H-pyrrole nitrogens is 1. The molecule has 1 aliphatic heterocycles. The first kappa shape index (κ1) is 12.9. The molecule has 2 aromatic carbocycles. The topological polar surface area (TPSA) is 65.1 Å². The third-order valence-electron chi connectivity index (χ3n) is 3.97. The van der Waals surface area contributed by atoms with E-state index in [1.165, 1.54) is 0 Å². The molecule has 0 fully saturated rings. The van der Waals surface area contributed by atoms with Crippen LogP contribution in [-0.2, 0) is 11.4 Å². The van der Waals surface area contributed by atoms with E-state index in [0.29, 0.717) is 5.57 Å². The number of amides is 1. The molecule has 0 radical (unpaired) electrons. The largest absolute Gasteiger partial charge is 0.392 e. The zero-order chi connectivity index (χ0) is 15.1. The lowest BCUT2D eigenvalue weighted by atomic mass is 10.0. The molecule has 108 valence electrons. The first-order chi connectivity index (χ1) is 10.8. The Hall–Kier alpha value is -2.85. The molecule has 4 heteroatoms. The molecular weight excluding hydrogens is 276 g/mol. The van der Waals surface area contributed by atoms with Crippen molar-refractivity contribution >= 4 is 34.1 Å². The summed E-state index contributed by atoms with van der Waals surface area (Å²) in [6.07, 6.45) is 3.77. The second kappa shape index (κ2) is 4.86. The second-order valence-electron chi connectivity index (χ2n) is 5.34. The number of aliphatic hydroxyl groups excluding tert-OH is 1. The Bertz CT molecular complexity index is 922. The Morgan fingerprint density at radius 1 is 1.14 bits per heavy atom. The quantitative estimate of drug-likeness (QED) is 0.635. The molecule has 0 saturated heterocycles. The Labute approximate surface area is 127 Å². The monoisotopic (exact) mass is 290 g/mol. The van der Waals surface area contributed by atoms with Crippen molar-refractivity contribution in [3.05, 3.63) is 65.4 Å². The summed E-state index contributed by atoms with van der Waals surface area (Å²) in [5, 5.41) is 13.2. The van der Waals surface area contributed by atoms with Gasteiger partial charge in [-0.2, -0.15) is 0 Å². The number of aromatic amines is 1. The zero-order valence-electron chi connectivity index (χ0n) is 11.8. The molecule has 0 saturated carbocycles. The summed E-state index contributed by atoms with van der Waals surface area (Å²) in [6.45, 7) is 0.000447. The van der Waals surface area contributed by atoms with E-state index in [0.717, 1.165) is 33.3 Å². The number of aliphatic hydroxyl groups is 1. The van der Waals surface area contributed by atoms with Crippen molar-refractivity contribution in [2.24, 2.45) is 0 Å². The summed E-state index contributed by atoms with van der Waals surface area (Å²) >= 11 is 0. The molecule has 22 heavy (non-hydrogen) atoms. The van der Waals surface area contributed by atoms with Crippen LogP contribution in [0, 0.1) is 0 Å². The van der Waals surface area contributed by atoms with E-state index >= 15 is 0 Å². The van der Waals surface area contributed by atoms with Crippen molar-refractivity contribution in [3.63, 3.8) is 0 Å². The fourth-order valence-corrected chi connectivity index (χ4v) is 2.84. The molecule has 4 nitrogen and oxygen atoms in total. The molecule has 3 aromatic rings. The lowest BCUT2D eigenvalue weighted by molar-refractivity contribution is -0.110. The van der Waals surface area contributed by atoms with E-state index in [2.05, 4.69) is 10.3 Å². The highest BCUT2D eigenvalue weighted by atomic mass is 16.3. The molecule has 0 bridgehead atoms. The minimum Gasteiger partial charge on any atom is -0.392 e. The Morgan fingerprint density at radius 2 is 2.00 bits per heavy atom. The van der Waals surface area contributed by atoms with Crippen LogP contribution >= 0.6 is 0 Å². The summed E-state index contributed by atoms with van der Waals surface area (Å²) < 4.78 is 0. The number of benzene rings is 2. The number of nitrogens with one attached hydrogen (secondary N) is 2.